The molecular formula is C22H21Cl2N5O4S. The zero-order chi connectivity index (χ0) is 24.8. The summed E-state index contributed by atoms with van der Waals surface area (Å²) in [5, 5.41) is 24.2. The van der Waals surface area contributed by atoms with Crippen LogP contribution in [0.5, 0.6) is 0 Å². The Bertz CT molecular complexity index is 1220. The van der Waals surface area contributed by atoms with E-state index >= 15 is 0 Å². The number of thioether (sulfide) groups is 1. The number of amides is 2. The predicted octanol–water partition coefficient (Wildman–Crippen LogP) is 4.52. The Kier molecular flexibility index (Phi) is 8.54. The number of aromatic carboxylic acids is 1. The van der Waals surface area contributed by atoms with E-state index in [0.29, 0.717) is 28.1 Å². The van der Waals surface area contributed by atoms with Crippen LogP contribution in [0, 0.1) is 0 Å². The Morgan fingerprint density at radius 2 is 1.76 bits per heavy atom. The summed E-state index contributed by atoms with van der Waals surface area (Å²) in [4.78, 5) is 36.1. The van der Waals surface area contributed by atoms with Crippen molar-refractivity contribution in [2.75, 3.05) is 11.1 Å². The molecule has 34 heavy (non-hydrogen) atoms. The lowest BCUT2D eigenvalue weighted by Crippen LogP contribution is -2.28. The second kappa shape index (κ2) is 11.4. The topological polar surface area (TPSA) is 126 Å². The molecule has 2 aromatic carbocycles. The van der Waals surface area contributed by atoms with E-state index in [-0.39, 0.29) is 33.8 Å². The van der Waals surface area contributed by atoms with Crippen LogP contribution >= 0.6 is 35.0 Å². The number of hydrogen-bond acceptors (Lipinski definition) is 6. The number of halogens is 2. The molecule has 9 nitrogen and oxygen atoms in total. The highest BCUT2D eigenvalue weighted by atomic mass is 35.5. The molecule has 0 aliphatic heterocycles. The summed E-state index contributed by atoms with van der Waals surface area (Å²) < 4.78 is 1.81. The number of aromatic nitrogens is 3. The van der Waals surface area contributed by atoms with Crippen LogP contribution in [-0.2, 0) is 11.3 Å². The minimum atomic E-state index is -1.12. The number of rotatable bonds is 9. The van der Waals surface area contributed by atoms with Crippen LogP contribution in [0.25, 0.3) is 0 Å². The highest BCUT2D eigenvalue weighted by molar-refractivity contribution is 7.99. The number of carbonyl (C=O) groups is 3. The molecule has 1 unspecified atom stereocenters. The molecule has 2 amide bonds. The fourth-order valence-corrected chi connectivity index (χ4v) is 4.14. The molecule has 1 heterocycles. The number of hydrogen-bond donors (Lipinski definition) is 3. The molecule has 1 atom stereocenters. The molecule has 0 saturated carbocycles. The largest absolute Gasteiger partial charge is 0.478 e. The fraction of sp³-hybridized carbons (Fsp3) is 0.227. The van der Waals surface area contributed by atoms with E-state index in [4.69, 9.17) is 28.3 Å². The molecule has 0 bridgehead atoms. The molecule has 0 aliphatic carbocycles. The lowest BCUT2D eigenvalue weighted by molar-refractivity contribution is -0.113. The maximum atomic E-state index is 12.5. The molecule has 3 rings (SSSR count). The Morgan fingerprint density at radius 1 is 1.09 bits per heavy atom. The molecule has 178 valence electrons. The number of carbonyl (C=O) groups excluding carboxylic acids is 2. The second-order valence-electron chi connectivity index (χ2n) is 7.12. The minimum Gasteiger partial charge on any atom is -0.478 e. The molecule has 0 spiro atoms. The van der Waals surface area contributed by atoms with Gasteiger partial charge in [-0.3, -0.25) is 9.59 Å². The number of nitrogens with one attached hydrogen (secondary N) is 2. The maximum Gasteiger partial charge on any atom is 0.335 e. The summed E-state index contributed by atoms with van der Waals surface area (Å²) in [6.45, 7) is 4.23. The predicted molar refractivity (Wildman–Crippen MR) is 131 cm³/mol. The van der Waals surface area contributed by atoms with Crippen LogP contribution in [0.4, 0.5) is 5.69 Å². The van der Waals surface area contributed by atoms with E-state index in [2.05, 4.69) is 20.8 Å². The minimum absolute atomic E-state index is 0.00270. The van der Waals surface area contributed by atoms with Crippen molar-refractivity contribution in [3.8, 4) is 0 Å². The smallest absolute Gasteiger partial charge is 0.335 e. The van der Waals surface area contributed by atoms with Crippen molar-refractivity contribution in [1.82, 2.24) is 20.1 Å². The number of nitrogens with zero attached hydrogens (tertiary/aromatic N) is 3. The van der Waals surface area contributed by atoms with Crippen molar-refractivity contribution in [2.45, 2.75) is 31.6 Å². The monoisotopic (exact) mass is 521 g/mol. The van der Waals surface area contributed by atoms with Gasteiger partial charge < -0.3 is 20.3 Å². The summed E-state index contributed by atoms with van der Waals surface area (Å²) in [5.74, 6) is -1.24. The van der Waals surface area contributed by atoms with Crippen molar-refractivity contribution < 1.29 is 19.5 Å². The average Bonchev–Trinajstić information content (AvgIpc) is 3.22. The van der Waals surface area contributed by atoms with Gasteiger partial charge in [-0.05, 0) is 56.3 Å². The Morgan fingerprint density at radius 3 is 2.41 bits per heavy atom. The van der Waals surface area contributed by atoms with Crippen LogP contribution in [-0.4, -0.2) is 43.4 Å². The van der Waals surface area contributed by atoms with Gasteiger partial charge in [0.1, 0.15) is 0 Å². The zero-order valence-electron chi connectivity index (χ0n) is 18.2. The van der Waals surface area contributed by atoms with Gasteiger partial charge in [-0.15, -0.1) is 10.2 Å². The number of carboxylic acid groups (broad SMARTS) is 1. The lowest BCUT2D eigenvalue weighted by atomic mass is 10.2. The first-order chi connectivity index (χ1) is 16.2. The molecule has 3 N–H and O–H groups in total. The quantitative estimate of drug-likeness (QED) is 0.353. The van der Waals surface area contributed by atoms with Crippen molar-refractivity contribution in [3.63, 3.8) is 0 Å². The average molecular weight is 522 g/mol. The van der Waals surface area contributed by atoms with Crippen LogP contribution in [0.1, 0.15) is 46.4 Å². The van der Waals surface area contributed by atoms with E-state index in [0.717, 1.165) is 11.8 Å². The van der Waals surface area contributed by atoms with E-state index < -0.39 is 12.0 Å². The summed E-state index contributed by atoms with van der Waals surface area (Å²) in [5.41, 5.74) is 0.691. The highest BCUT2D eigenvalue weighted by Gasteiger charge is 2.20. The van der Waals surface area contributed by atoms with Gasteiger partial charge in [-0.25, -0.2) is 4.79 Å². The molecule has 1 aromatic heterocycles. The molecular weight excluding hydrogens is 501 g/mol. The van der Waals surface area contributed by atoms with Crippen LogP contribution in [0.15, 0.2) is 47.6 Å². The third-order valence-corrected chi connectivity index (χ3v) is 6.27. The van der Waals surface area contributed by atoms with Gasteiger partial charge in [0, 0.05) is 17.1 Å². The van der Waals surface area contributed by atoms with Crippen LogP contribution in [0.3, 0.4) is 0 Å². The Hall–Kier alpha value is -3.08. The second-order valence-corrected chi connectivity index (χ2v) is 8.91. The number of carboxylic acids is 1. The van der Waals surface area contributed by atoms with Gasteiger partial charge in [0.15, 0.2) is 11.0 Å². The standard InChI is InChI=1S/C22H21Cl2N5O4S/c1-3-29-19(12(2)25-20(31)13-4-7-15(23)8-5-13)27-28-22(29)34-11-18(30)26-17-10-14(21(32)33)6-9-16(17)24/h4-10,12H,3,11H2,1-2H3,(H,25,31)(H,26,30)(H,32,33). The van der Waals surface area contributed by atoms with Crippen LogP contribution in [0.2, 0.25) is 10.0 Å². The summed E-state index contributed by atoms with van der Waals surface area (Å²) >= 11 is 13.1. The molecule has 3 aromatic rings. The fourth-order valence-electron chi connectivity index (χ4n) is 3.04. The molecule has 0 radical (unpaired) electrons. The molecule has 0 fully saturated rings. The first-order valence-corrected chi connectivity index (χ1v) is 11.9. The van der Waals surface area contributed by atoms with Crippen molar-refractivity contribution in [2.24, 2.45) is 0 Å². The van der Waals surface area contributed by atoms with Crippen molar-refractivity contribution >= 4 is 58.4 Å². The number of anilines is 1. The van der Waals surface area contributed by atoms with Crippen LogP contribution < -0.4 is 10.6 Å². The normalized spacial score (nSPS) is 11.6. The third-order valence-electron chi connectivity index (χ3n) is 4.72. The Labute approximate surface area is 209 Å². The van der Waals surface area contributed by atoms with E-state index in [1.165, 1.54) is 18.2 Å². The maximum absolute atomic E-state index is 12.5. The van der Waals surface area contributed by atoms with Gasteiger partial charge in [0.25, 0.3) is 5.91 Å². The zero-order valence-corrected chi connectivity index (χ0v) is 20.5. The van der Waals surface area contributed by atoms with Gasteiger partial charge in [-0.1, -0.05) is 35.0 Å². The lowest BCUT2D eigenvalue weighted by Gasteiger charge is -2.15. The van der Waals surface area contributed by atoms with Gasteiger partial charge in [-0.2, -0.15) is 0 Å². The highest BCUT2D eigenvalue weighted by Crippen LogP contribution is 2.25. The molecule has 0 saturated heterocycles. The van der Waals surface area contributed by atoms with Gasteiger partial charge in [0.05, 0.1) is 28.1 Å². The summed E-state index contributed by atoms with van der Waals surface area (Å²) in [6, 6.07) is 10.2. The molecule has 0 aliphatic rings. The SMILES string of the molecule is CCn1c(SCC(=O)Nc2cc(C(=O)O)ccc2Cl)nnc1C(C)NC(=O)c1ccc(Cl)cc1. The van der Waals surface area contributed by atoms with E-state index in [1.54, 1.807) is 31.2 Å². The van der Waals surface area contributed by atoms with Gasteiger partial charge in [0.2, 0.25) is 5.91 Å². The first-order valence-electron chi connectivity index (χ1n) is 10.1. The third kappa shape index (κ3) is 6.28. The number of benzene rings is 2. The summed E-state index contributed by atoms with van der Waals surface area (Å²) in [7, 11) is 0. The molecule has 12 heteroatoms. The van der Waals surface area contributed by atoms with E-state index in [1.807, 2.05) is 11.5 Å². The van der Waals surface area contributed by atoms with Crippen molar-refractivity contribution in [1.29, 1.82) is 0 Å². The summed E-state index contributed by atoms with van der Waals surface area (Å²) in [6.07, 6.45) is 0. The van der Waals surface area contributed by atoms with E-state index in [9.17, 15) is 14.4 Å². The van der Waals surface area contributed by atoms with Crippen molar-refractivity contribution in [3.05, 3.63) is 69.5 Å². The Balaban J connectivity index is 1.64. The first kappa shape index (κ1) is 25.5. The van der Waals surface area contributed by atoms with Gasteiger partial charge >= 0.3 is 5.97 Å².